The maximum atomic E-state index is 13.0. The van der Waals surface area contributed by atoms with Crippen LogP contribution in [0.5, 0.6) is 5.75 Å². The first-order valence-corrected chi connectivity index (χ1v) is 3.42. The second-order valence-electron chi connectivity index (χ2n) is 2.51. The summed E-state index contributed by atoms with van der Waals surface area (Å²) in [7, 11) is 0. The second-order valence-corrected chi connectivity index (χ2v) is 2.51. The molecule has 2 rings (SSSR count). The molecule has 1 aromatic carbocycles. The molecule has 0 atom stereocenters. The summed E-state index contributed by atoms with van der Waals surface area (Å²) in [5.74, 6) is -0.340. The lowest BCUT2D eigenvalue weighted by Gasteiger charge is -1.90. The number of hydrogen-bond donors (Lipinski definition) is 1. The first kappa shape index (κ1) is 7.09. The van der Waals surface area contributed by atoms with Gasteiger partial charge in [-0.1, -0.05) is 0 Å². The molecule has 0 unspecified atom stereocenters. The summed E-state index contributed by atoms with van der Waals surface area (Å²) in [6.45, 7) is 1.62. The van der Waals surface area contributed by atoms with Crippen molar-refractivity contribution in [2.24, 2.45) is 0 Å². The summed E-state index contributed by atoms with van der Waals surface area (Å²) in [5.41, 5.74) is 0.426. The Labute approximate surface area is 67.5 Å². The molecule has 2 aromatic rings. The van der Waals surface area contributed by atoms with Gasteiger partial charge in [-0.15, -0.1) is 0 Å². The summed E-state index contributed by atoms with van der Waals surface area (Å²) in [5, 5.41) is 8.99. The van der Waals surface area contributed by atoms with E-state index in [1.807, 2.05) is 0 Å². The Hall–Kier alpha value is -1.58. The van der Waals surface area contributed by atoms with Crippen LogP contribution in [0.25, 0.3) is 11.1 Å². The summed E-state index contributed by atoms with van der Waals surface area (Å²) in [6, 6.07) is 2.34. The smallest absolute Gasteiger partial charge is 0.192 e. The third-order valence-electron chi connectivity index (χ3n) is 1.54. The van der Waals surface area contributed by atoms with Gasteiger partial charge in [-0.2, -0.15) is 0 Å². The molecule has 1 heterocycles. The van der Waals surface area contributed by atoms with Gasteiger partial charge < -0.3 is 9.52 Å². The van der Waals surface area contributed by atoms with E-state index in [9.17, 15) is 4.39 Å². The van der Waals surface area contributed by atoms with Crippen LogP contribution in [-0.4, -0.2) is 10.1 Å². The fourth-order valence-corrected chi connectivity index (χ4v) is 1.09. The van der Waals surface area contributed by atoms with Crippen molar-refractivity contribution in [1.29, 1.82) is 0 Å². The van der Waals surface area contributed by atoms with E-state index in [0.717, 1.165) is 6.07 Å². The maximum Gasteiger partial charge on any atom is 0.192 e. The maximum absolute atomic E-state index is 13.0. The molecule has 1 aromatic heterocycles. The van der Waals surface area contributed by atoms with E-state index in [-0.39, 0.29) is 16.8 Å². The summed E-state index contributed by atoms with van der Waals surface area (Å²) >= 11 is 0. The number of benzene rings is 1. The predicted octanol–water partition coefficient (Wildman–Crippen LogP) is 1.98. The van der Waals surface area contributed by atoms with Crippen LogP contribution in [0.3, 0.4) is 0 Å². The fraction of sp³-hybridized carbons (Fsp3) is 0.125. The Bertz CT molecular complexity index is 436. The van der Waals surface area contributed by atoms with Crippen LogP contribution < -0.4 is 0 Å². The summed E-state index contributed by atoms with van der Waals surface area (Å²) < 4.78 is 18.0. The standard InChI is InChI=1S/C8H6FNO2/c1-4-10-8-6(9)2-5(11)3-7(8)12-4/h2-3,11H,1H3. The molecule has 0 spiro atoms. The van der Waals surface area contributed by atoms with Gasteiger partial charge in [0.2, 0.25) is 0 Å². The van der Waals surface area contributed by atoms with Crippen molar-refractivity contribution in [2.45, 2.75) is 6.92 Å². The number of phenolic OH excluding ortho intramolecular Hbond substituents is 1. The quantitative estimate of drug-likeness (QED) is 0.652. The number of phenols is 1. The SMILES string of the molecule is Cc1nc2c(F)cc(O)cc2o1. The zero-order chi connectivity index (χ0) is 8.72. The highest BCUT2D eigenvalue weighted by Gasteiger charge is 2.08. The van der Waals surface area contributed by atoms with Crippen LogP contribution >= 0.6 is 0 Å². The van der Waals surface area contributed by atoms with E-state index >= 15 is 0 Å². The van der Waals surface area contributed by atoms with Gasteiger partial charge in [-0.25, -0.2) is 9.37 Å². The van der Waals surface area contributed by atoms with Crippen LogP contribution in [0.4, 0.5) is 4.39 Å². The molecule has 3 nitrogen and oxygen atoms in total. The number of aromatic nitrogens is 1. The molecule has 0 aliphatic rings. The van der Waals surface area contributed by atoms with Crippen molar-refractivity contribution >= 4 is 11.1 Å². The van der Waals surface area contributed by atoms with Crippen molar-refractivity contribution in [3.05, 3.63) is 23.8 Å². The molecule has 0 aliphatic carbocycles. The van der Waals surface area contributed by atoms with Gasteiger partial charge in [0, 0.05) is 19.1 Å². The molecule has 0 radical (unpaired) electrons. The molecule has 1 N–H and O–H groups in total. The van der Waals surface area contributed by atoms with Gasteiger partial charge in [0.05, 0.1) is 0 Å². The van der Waals surface area contributed by atoms with Crippen LogP contribution in [0.2, 0.25) is 0 Å². The molecule has 0 fully saturated rings. The molecule has 62 valence electrons. The van der Waals surface area contributed by atoms with Crippen molar-refractivity contribution < 1.29 is 13.9 Å². The lowest BCUT2D eigenvalue weighted by Crippen LogP contribution is -1.77. The number of aryl methyl sites for hydroxylation is 1. The number of aromatic hydroxyl groups is 1. The summed E-state index contributed by atoms with van der Waals surface area (Å²) in [4.78, 5) is 3.80. The lowest BCUT2D eigenvalue weighted by atomic mass is 10.3. The number of oxazole rings is 1. The third-order valence-corrected chi connectivity index (χ3v) is 1.54. The lowest BCUT2D eigenvalue weighted by molar-refractivity contribution is 0.468. The van der Waals surface area contributed by atoms with Crippen molar-refractivity contribution in [2.75, 3.05) is 0 Å². The van der Waals surface area contributed by atoms with Crippen molar-refractivity contribution in [3.63, 3.8) is 0 Å². The van der Waals surface area contributed by atoms with Gasteiger partial charge in [0.1, 0.15) is 11.3 Å². The predicted molar refractivity (Wildman–Crippen MR) is 40.4 cm³/mol. The van der Waals surface area contributed by atoms with E-state index in [2.05, 4.69) is 4.98 Å². The molecule has 4 heteroatoms. The highest BCUT2D eigenvalue weighted by molar-refractivity contribution is 5.75. The van der Waals surface area contributed by atoms with Gasteiger partial charge >= 0.3 is 0 Å². The molecule has 0 amide bonds. The van der Waals surface area contributed by atoms with Gasteiger partial charge in [0.25, 0.3) is 0 Å². The Morgan fingerprint density at radius 2 is 2.25 bits per heavy atom. The van der Waals surface area contributed by atoms with Crippen LogP contribution in [0, 0.1) is 12.7 Å². The normalized spacial score (nSPS) is 10.8. The zero-order valence-corrected chi connectivity index (χ0v) is 6.34. The second kappa shape index (κ2) is 2.20. The van der Waals surface area contributed by atoms with Crippen molar-refractivity contribution in [3.8, 4) is 5.75 Å². The molecule has 0 aliphatic heterocycles. The topological polar surface area (TPSA) is 46.3 Å². The number of hydrogen-bond acceptors (Lipinski definition) is 3. The average molecular weight is 167 g/mol. The first-order valence-electron chi connectivity index (χ1n) is 3.42. The Morgan fingerprint density at radius 3 is 3.00 bits per heavy atom. The average Bonchev–Trinajstić information content (AvgIpc) is 2.29. The van der Waals surface area contributed by atoms with E-state index in [1.54, 1.807) is 6.92 Å². The molecule has 0 bridgehead atoms. The number of fused-ring (bicyclic) bond motifs is 1. The highest BCUT2D eigenvalue weighted by Crippen LogP contribution is 2.23. The molecular formula is C8H6FNO2. The Balaban J connectivity index is 2.88. The van der Waals surface area contributed by atoms with E-state index in [0.29, 0.717) is 5.89 Å². The molecule has 0 saturated heterocycles. The minimum atomic E-state index is -0.568. The Morgan fingerprint density at radius 1 is 1.50 bits per heavy atom. The molecular weight excluding hydrogens is 161 g/mol. The number of nitrogens with zero attached hydrogens (tertiary/aromatic N) is 1. The van der Waals surface area contributed by atoms with E-state index < -0.39 is 5.82 Å². The number of halogens is 1. The summed E-state index contributed by atoms with van der Waals surface area (Å²) in [6.07, 6.45) is 0. The molecule has 12 heavy (non-hydrogen) atoms. The fourth-order valence-electron chi connectivity index (χ4n) is 1.09. The largest absolute Gasteiger partial charge is 0.508 e. The number of rotatable bonds is 0. The zero-order valence-electron chi connectivity index (χ0n) is 6.34. The molecule has 0 saturated carbocycles. The first-order chi connectivity index (χ1) is 5.66. The van der Waals surface area contributed by atoms with Crippen LogP contribution in [0.15, 0.2) is 16.5 Å². The minimum absolute atomic E-state index is 0.156. The third kappa shape index (κ3) is 0.922. The van der Waals surface area contributed by atoms with Crippen molar-refractivity contribution in [1.82, 2.24) is 4.98 Å². The highest BCUT2D eigenvalue weighted by atomic mass is 19.1. The minimum Gasteiger partial charge on any atom is -0.508 e. The van der Waals surface area contributed by atoms with Gasteiger partial charge in [-0.05, 0) is 0 Å². The van der Waals surface area contributed by atoms with E-state index in [4.69, 9.17) is 9.52 Å². The monoisotopic (exact) mass is 167 g/mol. The van der Waals surface area contributed by atoms with Crippen LogP contribution in [-0.2, 0) is 0 Å². The van der Waals surface area contributed by atoms with E-state index in [1.165, 1.54) is 6.07 Å². The van der Waals surface area contributed by atoms with Gasteiger partial charge in [0.15, 0.2) is 17.3 Å². The van der Waals surface area contributed by atoms with Crippen LogP contribution in [0.1, 0.15) is 5.89 Å². The Kier molecular flexibility index (Phi) is 1.30. The van der Waals surface area contributed by atoms with Gasteiger partial charge in [-0.3, -0.25) is 0 Å².